The molecule has 6 heteroatoms. The predicted octanol–water partition coefficient (Wildman–Crippen LogP) is 1.70. The minimum absolute atomic E-state index is 0.343. The van der Waals surface area contributed by atoms with Crippen LogP contribution in [0.25, 0.3) is 10.8 Å². The molecule has 0 saturated heterocycles. The van der Waals surface area contributed by atoms with Crippen molar-refractivity contribution >= 4 is 45.8 Å². The van der Waals surface area contributed by atoms with Gasteiger partial charge in [0.25, 0.3) is 23.6 Å². The Morgan fingerprint density at radius 2 is 0.917 bits per heavy atom. The summed E-state index contributed by atoms with van der Waals surface area (Å²) in [6.07, 6.45) is 4.77. The standard InChI is InChI=1S/C18H10N2O4/c21-14-7-8-15(22)19(14)12-5-1-3-11-4-2-6-13(18(11)12)20-16(23)9-10-17(20)24/h1-10H. The van der Waals surface area contributed by atoms with Crippen molar-refractivity contribution in [3.8, 4) is 0 Å². The van der Waals surface area contributed by atoms with Crippen molar-refractivity contribution in [1.82, 2.24) is 0 Å². The normalized spacial score (nSPS) is 17.0. The Kier molecular flexibility index (Phi) is 2.93. The molecule has 0 fully saturated rings. The van der Waals surface area contributed by atoms with Crippen LogP contribution in [0.5, 0.6) is 0 Å². The quantitative estimate of drug-likeness (QED) is 0.790. The summed E-state index contributed by atoms with van der Waals surface area (Å²) < 4.78 is 0. The number of benzene rings is 2. The van der Waals surface area contributed by atoms with Crippen molar-refractivity contribution in [2.45, 2.75) is 0 Å². The van der Waals surface area contributed by atoms with E-state index in [0.29, 0.717) is 22.1 Å². The van der Waals surface area contributed by atoms with Crippen LogP contribution in [0.4, 0.5) is 11.4 Å². The zero-order valence-electron chi connectivity index (χ0n) is 12.3. The molecule has 2 aliphatic rings. The van der Waals surface area contributed by atoms with Gasteiger partial charge in [-0.1, -0.05) is 24.3 Å². The second-order valence-corrected chi connectivity index (χ2v) is 5.34. The van der Waals surface area contributed by atoms with E-state index in [0.717, 1.165) is 9.80 Å². The maximum absolute atomic E-state index is 12.0. The number of fused-ring (bicyclic) bond motifs is 1. The average Bonchev–Trinajstić information content (AvgIpc) is 3.08. The third-order valence-electron chi connectivity index (χ3n) is 3.96. The van der Waals surface area contributed by atoms with Crippen LogP contribution in [0.15, 0.2) is 60.7 Å². The highest BCUT2D eigenvalue weighted by atomic mass is 16.2. The van der Waals surface area contributed by atoms with Crippen LogP contribution in [0.1, 0.15) is 0 Å². The monoisotopic (exact) mass is 318 g/mol. The van der Waals surface area contributed by atoms with E-state index in [-0.39, 0.29) is 0 Å². The molecule has 24 heavy (non-hydrogen) atoms. The minimum Gasteiger partial charge on any atom is -0.269 e. The van der Waals surface area contributed by atoms with Gasteiger partial charge >= 0.3 is 0 Å². The lowest BCUT2D eigenvalue weighted by molar-refractivity contribution is -0.121. The molecule has 0 N–H and O–H groups in total. The summed E-state index contributed by atoms with van der Waals surface area (Å²) in [5.74, 6) is -1.84. The highest BCUT2D eigenvalue weighted by Gasteiger charge is 2.31. The van der Waals surface area contributed by atoms with E-state index in [1.165, 1.54) is 24.3 Å². The molecule has 0 saturated carbocycles. The van der Waals surface area contributed by atoms with Crippen LogP contribution in [0.3, 0.4) is 0 Å². The maximum Gasteiger partial charge on any atom is 0.258 e. The lowest BCUT2D eigenvalue weighted by Crippen LogP contribution is -2.32. The molecule has 2 aromatic rings. The first kappa shape index (κ1) is 14.1. The number of imide groups is 2. The van der Waals surface area contributed by atoms with E-state index in [1.807, 2.05) is 0 Å². The fraction of sp³-hybridized carbons (Fsp3) is 0. The van der Waals surface area contributed by atoms with E-state index in [2.05, 4.69) is 0 Å². The number of carbonyl (C=O) groups is 4. The molecule has 0 bridgehead atoms. The van der Waals surface area contributed by atoms with Gasteiger partial charge < -0.3 is 0 Å². The molecule has 0 spiro atoms. The van der Waals surface area contributed by atoms with Crippen LogP contribution in [0.2, 0.25) is 0 Å². The van der Waals surface area contributed by atoms with Gasteiger partial charge in [0.2, 0.25) is 0 Å². The molecule has 0 aliphatic carbocycles. The van der Waals surface area contributed by atoms with Gasteiger partial charge in [-0.3, -0.25) is 19.2 Å². The van der Waals surface area contributed by atoms with E-state index in [1.54, 1.807) is 36.4 Å². The third-order valence-corrected chi connectivity index (χ3v) is 3.96. The van der Waals surface area contributed by atoms with Crippen molar-refractivity contribution in [2.75, 3.05) is 9.80 Å². The van der Waals surface area contributed by atoms with Crippen molar-refractivity contribution < 1.29 is 19.2 Å². The van der Waals surface area contributed by atoms with Crippen LogP contribution >= 0.6 is 0 Å². The molecule has 0 atom stereocenters. The van der Waals surface area contributed by atoms with Crippen LogP contribution in [-0.2, 0) is 19.2 Å². The van der Waals surface area contributed by atoms with Crippen molar-refractivity contribution in [1.29, 1.82) is 0 Å². The Balaban J connectivity index is 2.00. The molecular formula is C18H10N2O4. The van der Waals surface area contributed by atoms with Crippen LogP contribution in [0, 0.1) is 0 Å². The molecule has 6 nitrogen and oxygen atoms in total. The molecule has 0 radical (unpaired) electrons. The lowest BCUT2D eigenvalue weighted by atomic mass is 10.0. The highest BCUT2D eigenvalue weighted by Crippen LogP contribution is 2.37. The fourth-order valence-corrected chi connectivity index (χ4v) is 2.95. The first-order valence-corrected chi connectivity index (χ1v) is 7.22. The second kappa shape index (κ2) is 4.99. The molecule has 0 aromatic heterocycles. The Morgan fingerprint density at radius 1 is 0.542 bits per heavy atom. The molecule has 4 amide bonds. The Bertz CT molecular complexity index is 890. The Labute approximate surface area is 136 Å². The number of carbonyl (C=O) groups excluding carboxylic acids is 4. The van der Waals surface area contributed by atoms with Gasteiger partial charge in [0.1, 0.15) is 0 Å². The summed E-state index contributed by atoms with van der Waals surface area (Å²) in [5, 5.41) is 1.21. The van der Waals surface area contributed by atoms with Crippen molar-refractivity contribution in [3.63, 3.8) is 0 Å². The summed E-state index contributed by atoms with van der Waals surface area (Å²) in [6.45, 7) is 0. The zero-order valence-corrected chi connectivity index (χ0v) is 12.3. The summed E-state index contributed by atoms with van der Waals surface area (Å²) in [5.41, 5.74) is 0.686. The first-order valence-electron chi connectivity index (χ1n) is 7.22. The van der Waals surface area contributed by atoms with Crippen molar-refractivity contribution in [3.05, 3.63) is 60.7 Å². The molecule has 2 aliphatic heterocycles. The predicted molar refractivity (Wildman–Crippen MR) is 87.2 cm³/mol. The summed E-state index contributed by atoms with van der Waals surface area (Å²) in [4.78, 5) is 50.3. The van der Waals surface area contributed by atoms with Gasteiger partial charge in [-0.15, -0.1) is 0 Å². The van der Waals surface area contributed by atoms with Gasteiger partial charge in [0.15, 0.2) is 0 Å². The number of amides is 4. The van der Waals surface area contributed by atoms with Gasteiger partial charge in [0, 0.05) is 29.7 Å². The fourth-order valence-electron chi connectivity index (χ4n) is 2.95. The van der Waals surface area contributed by atoms with Gasteiger partial charge in [-0.05, 0) is 17.5 Å². The second-order valence-electron chi connectivity index (χ2n) is 5.34. The Morgan fingerprint density at radius 3 is 1.29 bits per heavy atom. The van der Waals surface area contributed by atoms with Gasteiger partial charge in [-0.25, -0.2) is 9.80 Å². The maximum atomic E-state index is 12.0. The number of rotatable bonds is 2. The smallest absolute Gasteiger partial charge is 0.258 e. The molecule has 2 heterocycles. The summed E-state index contributed by atoms with van der Waals surface area (Å²) in [6, 6.07) is 10.2. The van der Waals surface area contributed by atoms with E-state index in [4.69, 9.17) is 0 Å². The number of hydrogen-bond acceptors (Lipinski definition) is 4. The number of hydrogen-bond donors (Lipinski definition) is 0. The molecular weight excluding hydrogens is 308 g/mol. The number of anilines is 2. The molecule has 116 valence electrons. The van der Waals surface area contributed by atoms with E-state index < -0.39 is 23.6 Å². The van der Waals surface area contributed by atoms with Crippen LogP contribution in [-0.4, -0.2) is 23.6 Å². The Hall–Kier alpha value is -3.54. The minimum atomic E-state index is -0.459. The number of nitrogens with zero attached hydrogens (tertiary/aromatic N) is 2. The third kappa shape index (κ3) is 1.90. The molecule has 0 unspecified atom stereocenters. The molecule has 2 aromatic carbocycles. The topological polar surface area (TPSA) is 74.8 Å². The first-order chi connectivity index (χ1) is 11.6. The highest BCUT2D eigenvalue weighted by molar-refractivity contribution is 6.34. The summed E-state index contributed by atoms with van der Waals surface area (Å²) in [7, 11) is 0. The van der Waals surface area contributed by atoms with Gasteiger partial charge in [-0.2, -0.15) is 0 Å². The molecule has 4 rings (SSSR count). The zero-order chi connectivity index (χ0) is 16.8. The van der Waals surface area contributed by atoms with E-state index in [9.17, 15) is 19.2 Å². The van der Waals surface area contributed by atoms with E-state index >= 15 is 0 Å². The summed E-state index contributed by atoms with van der Waals surface area (Å²) >= 11 is 0. The van der Waals surface area contributed by atoms with Crippen LogP contribution < -0.4 is 9.80 Å². The SMILES string of the molecule is O=C1C=CC(=O)N1c1cccc2cccc(N3C(=O)C=CC3=O)c12. The van der Waals surface area contributed by atoms with Crippen molar-refractivity contribution in [2.24, 2.45) is 0 Å². The van der Waals surface area contributed by atoms with Gasteiger partial charge in [0.05, 0.1) is 11.4 Å². The largest absolute Gasteiger partial charge is 0.269 e. The average molecular weight is 318 g/mol. The lowest BCUT2D eigenvalue weighted by Gasteiger charge is -2.22.